The van der Waals surface area contributed by atoms with Crippen LogP contribution in [0.25, 0.3) is 0 Å². The number of carbonyl (C=O) groups excluding carboxylic acids is 3. The summed E-state index contributed by atoms with van der Waals surface area (Å²) in [4.78, 5) is 40.0. The molecule has 6 nitrogen and oxygen atoms in total. The van der Waals surface area contributed by atoms with E-state index in [0.29, 0.717) is 12.2 Å². The number of halogens is 2. The first kappa shape index (κ1) is 19.4. The summed E-state index contributed by atoms with van der Waals surface area (Å²) in [7, 11) is 0. The van der Waals surface area contributed by atoms with Gasteiger partial charge in [0.05, 0.1) is 11.6 Å². The molecule has 0 bridgehead atoms. The average molecular weight is 416 g/mol. The maximum atomic E-state index is 13.9. The van der Waals surface area contributed by atoms with E-state index < -0.39 is 17.6 Å². The Labute approximate surface area is 172 Å². The van der Waals surface area contributed by atoms with Gasteiger partial charge >= 0.3 is 0 Å². The number of carbonyl (C=O) groups is 3. The van der Waals surface area contributed by atoms with Crippen molar-refractivity contribution in [2.45, 2.75) is 19.8 Å². The summed E-state index contributed by atoms with van der Waals surface area (Å²) < 4.78 is 13.9. The monoisotopic (exact) mass is 415 g/mol. The smallest absolute Gasteiger partial charge is 0.229 e. The molecule has 2 aromatic carbocycles. The molecule has 0 aromatic heterocycles. The molecule has 1 unspecified atom stereocenters. The number of hydrogen-bond acceptors (Lipinski definition) is 3. The SMILES string of the molecule is CC(=O)N1CCc2cc(N3CC(C(=O)Nc4ccc(Cl)cc4F)CC3=O)ccc21. The Morgan fingerprint density at radius 2 is 2.00 bits per heavy atom. The molecule has 1 saturated heterocycles. The summed E-state index contributed by atoms with van der Waals surface area (Å²) >= 11 is 5.73. The van der Waals surface area contributed by atoms with Crippen LogP contribution in [-0.2, 0) is 20.8 Å². The van der Waals surface area contributed by atoms with Gasteiger partial charge in [0.25, 0.3) is 0 Å². The summed E-state index contributed by atoms with van der Waals surface area (Å²) in [5, 5.41) is 2.77. The normalized spacial score (nSPS) is 18.2. The van der Waals surface area contributed by atoms with Crippen LogP contribution in [0.3, 0.4) is 0 Å². The van der Waals surface area contributed by atoms with E-state index in [1.54, 1.807) is 15.9 Å². The second-order valence-electron chi connectivity index (χ2n) is 7.25. The van der Waals surface area contributed by atoms with Gasteiger partial charge in [-0.25, -0.2) is 4.39 Å². The lowest BCUT2D eigenvalue weighted by molar-refractivity contribution is -0.122. The van der Waals surface area contributed by atoms with E-state index in [2.05, 4.69) is 5.32 Å². The third kappa shape index (κ3) is 3.70. The first-order valence-electron chi connectivity index (χ1n) is 9.31. The Morgan fingerprint density at radius 1 is 1.21 bits per heavy atom. The Hall–Kier alpha value is -2.93. The maximum absolute atomic E-state index is 13.9. The van der Waals surface area contributed by atoms with Crippen LogP contribution in [0.5, 0.6) is 0 Å². The predicted molar refractivity (Wildman–Crippen MR) is 109 cm³/mol. The van der Waals surface area contributed by atoms with Crippen molar-refractivity contribution in [3.8, 4) is 0 Å². The molecule has 1 atom stereocenters. The van der Waals surface area contributed by atoms with Gasteiger partial charge in [-0.1, -0.05) is 11.6 Å². The third-order valence-electron chi connectivity index (χ3n) is 5.34. The van der Waals surface area contributed by atoms with Crippen LogP contribution in [0.15, 0.2) is 36.4 Å². The van der Waals surface area contributed by atoms with E-state index in [4.69, 9.17) is 11.6 Å². The van der Waals surface area contributed by atoms with Gasteiger partial charge in [0, 0.05) is 42.8 Å². The van der Waals surface area contributed by atoms with Crippen LogP contribution < -0.4 is 15.1 Å². The van der Waals surface area contributed by atoms with Gasteiger partial charge in [0.15, 0.2) is 0 Å². The molecule has 29 heavy (non-hydrogen) atoms. The molecule has 0 saturated carbocycles. The van der Waals surface area contributed by atoms with Crippen LogP contribution in [0, 0.1) is 11.7 Å². The van der Waals surface area contributed by atoms with Crippen LogP contribution in [0.1, 0.15) is 18.9 Å². The number of nitrogens with zero attached hydrogens (tertiary/aromatic N) is 2. The zero-order chi connectivity index (χ0) is 20.7. The molecule has 2 aromatic rings. The molecule has 1 N–H and O–H groups in total. The highest BCUT2D eigenvalue weighted by atomic mass is 35.5. The molecule has 2 heterocycles. The van der Waals surface area contributed by atoms with Gasteiger partial charge < -0.3 is 15.1 Å². The highest BCUT2D eigenvalue weighted by Crippen LogP contribution is 2.34. The molecule has 150 valence electrons. The first-order valence-corrected chi connectivity index (χ1v) is 9.68. The molecule has 2 aliphatic rings. The van der Waals surface area contributed by atoms with Gasteiger partial charge in [-0.15, -0.1) is 0 Å². The lowest BCUT2D eigenvalue weighted by atomic mass is 10.1. The standard InChI is InChI=1S/C21H19ClFN3O3/c1-12(27)25-7-6-13-8-16(3-5-19(13)25)26-11-14(9-20(26)28)21(29)24-18-4-2-15(22)10-17(18)23/h2-5,8,10,14H,6-7,9,11H2,1H3,(H,24,29). The van der Waals surface area contributed by atoms with Crippen LogP contribution in [0.4, 0.5) is 21.5 Å². The van der Waals surface area contributed by atoms with Crippen LogP contribution in [0.2, 0.25) is 5.02 Å². The zero-order valence-electron chi connectivity index (χ0n) is 15.7. The Bertz CT molecular complexity index is 1030. The lowest BCUT2D eigenvalue weighted by Crippen LogP contribution is -2.28. The molecule has 3 amide bonds. The van der Waals surface area contributed by atoms with Crippen molar-refractivity contribution < 1.29 is 18.8 Å². The van der Waals surface area contributed by atoms with E-state index >= 15 is 0 Å². The first-order chi connectivity index (χ1) is 13.8. The summed E-state index contributed by atoms with van der Waals surface area (Å²) in [6.45, 7) is 2.37. The van der Waals surface area contributed by atoms with Gasteiger partial charge in [-0.05, 0) is 48.4 Å². The van der Waals surface area contributed by atoms with Crippen LogP contribution >= 0.6 is 11.6 Å². The lowest BCUT2D eigenvalue weighted by Gasteiger charge is -2.19. The Morgan fingerprint density at radius 3 is 2.72 bits per heavy atom. The van der Waals surface area contributed by atoms with Crippen molar-refractivity contribution >= 4 is 46.4 Å². The number of anilines is 3. The fraction of sp³-hybridized carbons (Fsp3) is 0.286. The number of benzene rings is 2. The molecule has 0 aliphatic carbocycles. The van der Waals surface area contributed by atoms with E-state index in [0.717, 1.165) is 23.7 Å². The third-order valence-corrected chi connectivity index (χ3v) is 5.57. The van der Waals surface area contributed by atoms with Crippen molar-refractivity contribution in [2.75, 3.05) is 28.2 Å². The fourth-order valence-corrected chi connectivity index (χ4v) is 4.00. The molecule has 0 spiro atoms. The summed E-state index contributed by atoms with van der Waals surface area (Å²) in [6, 6.07) is 9.53. The molecule has 1 fully saturated rings. The number of rotatable bonds is 3. The van der Waals surface area contributed by atoms with Crippen molar-refractivity contribution in [3.63, 3.8) is 0 Å². The van der Waals surface area contributed by atoms with E-state index in [1.165, 1.54) is 19.1 Å². The zero-order valence-corrected chi connectivity index (χ0v) is 16.5. The van der Waals surface area contributed by atoms with Gasteiger partial charge in [0.1, 0.15) is 5.82 Å². The predicted octanol–water partition coefficient (Wildman–Crippen LogP) is 3.38. The van der Waals surface area contributed by atoms with Crippen molar-refractivity contribution in [3.05, 3.63) is 52.8 Å². The fourth-order valence-electron chi connectivity index (χ4n) is 3.84. The minimum absolute atomic E-state index is 0.0140. The minimum atomic E-state index is -0.624. The topological polar surface area (TPSA) is 69.7 Å². The molecule has 4 rings (SSSR count). The molecular weight excluding hydrogens is 397 g/mol. The van der Waals surface area contributed by atoms with E-state index in [-0.39, 0.29) is 35.5 Å². The second kappa shape index (κ2) is 7.48. The second-order valence-corrected chi connectivity index (χ2v) is 7.69. The largest absolute Gasteiger partial charge is 0.323 e. The van der Waals surface area contributed by atoms with Crippen molar-refractivity contribution in [1.82, 2.24) is 0 Å². The number of amides is 3. The summed E-state index contributed by atoms with van der Waals surface area (Å²) in [6.07, 6.45) is 0.780. The summed E-state index contributed by atoms with van der Waals surface area (Å²) in [5.74, 6) is -1.80. The molecule has 0 radical (unpaired) electrons. The highest BCUT2D eigenvalue weighted by Gasteiger charge is 2.36. The van der Waals surface area contributed by atoms with E-state index in [1.807, 2.05) is 12.1 Å². The van der Waals surface area contributed by atoms with Crippen molar-refractivity contribution in [2.24, 2.45) is 5.92 Å². The van der Waals surface area contributed by atoms with Gasteiger partial charge in [-0.2, -0.15) is 0 Å². The number of fused-ring (bicyclic) bond motifs is 1. The highest BCUT2D eigenvalue weighted by molar-refractivity contribution is 6.30. The Balaban J connectivity index is 1.48. The minimum Gasteiger partial charge on any atom is -0.323 e. The van der Waals surface area contributed by atoms with Gasteiger partial charge in [-0.3, -0.25) is 14.4 Å². The quantitative estimate of drug-likeness (QED) is 0.835. The molecule has 8 heteroatoms. The Kier molecular flexibility index (Phi) is 5.00. The molecule has 2 aliphatic heterocycles. The van der Waals surface area contributed by atoms with Crippen LogP contribution in [-0.4, -0.2) is 30.8 Å². The van der Waals surface area contributed by atoms with Crippen molar-refractivity contribution in [1.29, 1.82) is 0 Å². The summed E-state index contributed by atoms with van der Waals surface area (Å²) in [5.41, 5.74) is 2.60. The van der Waals surface area contributed by atoms with Gasteiger partial charge in [0.2, 0.25) is 17.7 Å². The number of nitrogens with one attached hydrogen (secondary N) is 1. The average Bonchev–Trinajstić information content (AvgIpc) is 3.27. The molecular formula is C21H19ClFN3O3. The maximum Gasteiger partial charge on any atom is 0.229 e. The van der Waals surface area contributed by atoms with E-state index in [9.17, 15) is 18.8 Å². The number of hydrogen-bond donors (Lipinski definition) is 1.